The van der Waals surface area contributed by atoms with Crippen molar-refractivity contribution in [1.29, 1.82) is 0 Å². The minimum atomic E-state index is -0.575. The number of benzene rings is 1. The average Bonchev–Trinajstić information content (AvgIpc) is 2.89. The van der Waals surface area contributed by atoms with E-state index < -0.39 is 23.9 Å². The molecule has 2 fully saturated rings. The van der Waals surface area contributed by atoms with Crippen LogP contribution in [-0.4, -0.2) is 47.9 Å². The molecule has 0 amide bonds. The molecule has 0 aromatic heterocycles. The zero-order valence-electron chi connectivity index (χ0n) is 20.2. The van der Waals surface area contributed by atoms with E-state index in [9.17, 15) is 4.79 Å². The number of ether oxygens (including phenoxy) is 2. The number of rotatable bonds is 7. The van der Waals surface area contributed by atoms with Crippen LogP contribution < -0.4 is 5.46 Å². The Labute approximate surface area is 192 Å². The molecule has 2 heterocycles. The summed E-state index contributed by atoms with van der Waals surface area (Å²) in [5.41, 5.74) is 0.00942. The van der Waals surface area contributed by atoms with Gasteiger partial charge in [-0.05, 0) is 92.2 Å². The number of thioether (sulfide) groups is 1. The lowest BCUT2D eigenvalue weighted by atomic mass is 9.76. The van der Waals surface area contributed by atoms with Crippen molar-refractivity contribution >= 4 is 30.6 Å². The molecule has 1 aromatic rings. The minimum absolute atomic E-state index is 0.152. The highest BCUT2D eigenvalue weighted by Crippen LogP contribution is 2.44. The Hall–Kier alpha value is -0.855. The maximum atomic E-state index is 11.7. The summed E-state index contributed by atoms with van der Waals surface area (Å²) in [6.45, 7) is 17.4. The lowest BCUT2D eigenvalue weighted by molar-refractivity contribution is -0.221. The second-order valence-corrected chi connectivity index (χ2v) is 12.2. The molecule has 2 saturated heterocycles. The molecule has 0 N–H and O–H groups in total. The van der Waals surface area contributed by atoms with Crippen LogP contribution in [0.2, 0.25) is 0 Å². The van der Waals surface area contributed by atoms with Gasteiger partial charge >= 0.3 is 7.12 Å². The fourth-order valence-corrected chi connectivity index (χ4v) is 4.80. The molecule has 0 aliphatic carbocycles. The number of carbonyl (C=O) groups is 1. The Balaban J connectivity index is 1.81. The fourth-order valence-electron chi connectivity index (χ4n) is 3.59. The lowest BCUT2D eigenvalue weighted by Gasteiger charge is -2.43. The maximum Gasteiger partial charge on any atom is 0.495 e. The summed E-state index contributed by atoms with van der Waals surface area (Å²) in [7, 11) is -0.575. The van der Waals surface area contributed by atoms with Crippen molar-refractivity contribution < 1.29 is 23.6 Å². The van der Waals surface area contributed by atoms with Crippen LogP contribution in [-0.2, 0) is 18.8 Å². The molecular formula is C24H37BO5S. The Morgan fingerprint density at radius 3 is 2.29 bits per heavy atom. The van der Waals surface area contributed by atoms with Crippen molar-refractivity contribution in [3.05, 3.63) is 23.8 Å². The van der Waals surface area contributed by atoms with E-state index in [1.54, 1.807) is 11.8 Å². The largest absolute Gasteiger partial charge is 0.495 e. The molecular weight excluding hydrogens is 411 g/mol. The van der Waals surface area contributed by atoms with Gasteiger partial charge in [0, 0.05) is 21.8 Å². The Morgan fingerprint density at radius 2 is 1.74 bits per heavy atom. The molecule has 0 radical (unpaired) electrons. The number of aldehydes is 1. The first-order chi connectivity index (χ1) is 14.3. The number of hydrogen-bond acceptors (Lipinski definition) is 6. The van der Waals surface area contributed by atoms with E-state index in [0.717, 1.165) is 42.5 Å². The van der Waals surface area contributed by atoms with E-state index in [-0.39, 0.29) is 11.0 Å². The molecule has 7 heteroatoms. The second-order valence-electron chi connectivity index (χ2n) is 10.5. The molecule has 1 unspecified atom stereocenters. The van der Waals surface area contributed by atoms with E-state index in [1.807, 2.05) is 45.9 Å². The Morgan fingerprint density at radius 1 is 1.10 bits per heavy atom. The SMILES string of the molecule is CC1(C)OB(c2cc(SC(C)(C)C(C)(C)OC3CCCCO3)ccc2C=O)OC1(C)C. The van der Waals surface area contributed by atoms with Crippen molar-refractivity contribution in [2.45, 2.75) is 107 Å². The van der Waals surface area contributed by atoms with Crippen molar-refractivity contribution in [2.75, 3.05) is 6.61 Å². The van der Waals surface area contributed by atoms with Gasteiger partial charge in [0.05, 0.1) is 16.8 Å². The highest BCUT2D eigenvalue weighted by molar-refractivity contribution is 8.00. The fraction of sp³-hybridized carbons (Fsp3) is 0.708. The summed E-state index contributed by atoms with van der Waals surface area (Å²) in [6.07, 6.45) is 3.89. The Kier molecular flexibility index (Phi) is 7.06. The molecule has 0 spiro atoms. The first-order valence-electron chi connectivity index (χ1n) is 11.2. The van der Waals surface area contributed by atoms with E-state index in [0.29, 0.717) is 5.56 Å². The number of hydrogen-bond donors (Lipinski definition) is 0. The highest BCUT2D eigenvalue weighted by Gasteiger charge is 2.52. The average molecular weight is 448 g/mol. The molecule has 3 rings (SSSR count). The first kappa shape index (κ1) is 24.8. The van der Waals surface area contributed by atoms with Gasteiger partial charge in [-0.1, -0.05) is 6.07 Å². The van der Waals surface area contributed by atoms with E-state index >= 15 is 0 Å². The molecule has 2 aliphatic heterocycles. The van der Waals surface area contributed by atoms with Crippen LogP contribution in [0.1, 0.15) is 85.0 Å². The van der Waals surface area contributed by atoms with Gasteiger partial charge in [-0.25, -0.2) is 0 Å². The zero-order valence-corrected chi connectivity index (χ0v) is 21.1. The van der Waals surface area contributed by atoms with Crippen LogP contribution in [0.15, 0.2) is 23.1 Å². The summed E-state index contributed by atoms with van der Waals surface area (Å²) in [4.78, 5) is 12.8. The summed E-state index contributed by atoms with van der Waals surface area (Å²) < 4.78 is 24.4. The molecule has 1 aromatic carbocycles. The Bertz CT molecular complexity index is 783. The van der Waals surface area contributed by atoms with Gasteiger partial charge in [-0.3, -0.25) is 4.79 Å². The van der Waals surface area contributed by atoms with E-state index in [4.69, 9.17) is 18.8 Å². The van der Waals surface area contributed by atoms with E-state index in [1.165, 1.54) is 0 Å². The second kappa shape index (κ2) is 8.83. The van der Waals surface area contributed by atoms with Crippen LogP contribution in [0, 0.1) is 0 Å². The van der Waals surface area contributed by atoms with Crippen molar-refractivity contribution in [3.8, 4) is 0 Å². The smallest absolute Gasteiger partial charge is 0.399 e. The van der Waals surface area contributed by atoms with Gasteiger partial charge in [-0.15, -0.1) is 11.8 Å². The predicted octanol–water partition coefficient (Wildman–Crippen LogP) is 4.99. The first-order valence-corrected chi connectivity index (χ1v) is 12.0. The molecule has 31 heavy (non-hydrogen) atoms. The standard InChI is InChI=1S/C24H37BO5S/c1-21(2)22(3,4)30-25(29-21)19-15-18(13-12-17(19)16-26)31-24(7,8)23(5,6)28-20-11-9-10-14-27-20/h12-13,15-16,20H,9-11,14H2,1-8H3. The van der Waals surface area contributed by atoms with Crippen molar-refractivity contribution in [2.24, 2.45) is 0 Å². The van der Waals surface area contributed by atoms with Crippen LogP contribution in [0.4, 0.5) is 0 Å². The van der Waals surface area contributed by atoms with E-state index in [2.05, 4.69) is 27.7 Å². The summed E-state index contributed by atoms with van der Waals surface area (Å²) in [5, 5.41) is 0. The molecule has 2 aliphatic rings. The molecule has 5 nitrogen and oxygen atoms in total. The van der Waals surface area contributed by atoms with Gasteiger partial charge in [0.2, 0.25) is 0 Å². The summed E-state index contributed by atoms with van der Waals surface area (Å²) >= 11 is 1.73. The topological polar surface area (TPSA) is 54.0 Å². The van der Waals surface area contributed by atoms with Gasteiger partial charge in [0.1, 0.15) is 6.29 Å². The van der Waals surface area contributed by atoms with Gasteiger partial charge in [0.25, 0.3) is 0 Å². The van der Waals surface area contributed by atoms with Crippen LogP contribution in [0.25, 0.3) is 0 Å². The van der Waals surface area contributed by atoms with Gasteiger partial charge < -0.3 is 18.8 Å². The molecule has 0 bridgehead atoms. The third-order valence-corrected chi connectivity index (χ3v) is 8.57. The maximum absolute atomic E-state index is 11.7. The van der Waals surface area contributed by atoms with Crippen LogP contribution >= 0.6 is 11.8 Å². The zero-order chi connectivity index (χ0) is 23.1. The summed E-state index contributed by atoms with van der Waals surface area (Å²) in [5.74, 6) is 0. The summed E-state index contributed by atoms with van der Waals surface area (Å²) in [6, 6.07) is 5.85. The highest BCUT2D eigenvalue weighted by atomic mass is 32.2. The molecule has 1 atom stereocenters. The molecule has 172 valence electrons. The van der Waals surface area contributed by atoms with Gasteiger partial charge in [-0.2, -0.15) is 0 Å². The lowest BCUT2D eigenvalue weighted by Crippen LogP contribution is -2.48. The molecule has 0 saturated carbocycles. The number of carbonyl (C=O) groups excluding carboxylic acids is 1. The minimum Gasteiger partial charge on any atom is -0.399 e. The van der Waals surface area contributed by atoms with Crippen molar-refractivity contribution in [3.63, 3.8) is 0 Å². The van der Waals surface area contributed by atoms with Crippen LogP contribution in [0.3, 0.4) is 0 Å². The third-order valence-electron chi connectivity index (χ3n) is 7.08. The van der Waals surface area contributed by atoms with Gasteiger partial charge in [0.15, 0.2) is 6.29 Å². The predicted molar refractivity (Wildman–Crippen MR) is 126 cm³/mol. The van der Waals surface area contributed by atoms with Crippen LogP contribution in [0.5, 0.6) is 0 Å². The third kappa shape index (κ3) is 5.22. The van der Waals surface area contributed by atoms with Crippen molar-refractivity contribution in [1.82, 2.24) is 0 Å². The quantitative estimate of drug-likeness (QED) is 0.333. The monoisotopic (exact) mass is 448 g/mol. The normalized spacial score (nSPS) is 23.7.